The van der Waals surface area contributed by atoms with Crippen LogP contribution in [0.5, 0.6) is 5.75 Å². The third-order valence-corrected chi connectivity index (χ3v) is 2.55. The molecular formula is C14H17NO4. The summed E-state index contributed by atoms with van der Waals surface area (Å²) in [5, 5.41) is 8.68. The van der Waals surface area contributed by atoms with Crippen molar-refractivity contribution >= 4 is 11.9 Å². The van der Waals surface area contributed by atoms with Crippen molar-refractivity contribution in [2.24, 2.45) is 0 Å². The van der Waals surface area contributed by atoms with Gasteiger partial charge in [-0.2, -0.15) is 0 Å². The van der Waals surface area contributed by atoms with Crippen molar-refractivity contribution < 1.29 is 19.4 Å². The Bertz CT molecular complexity index is 470. The molecule has 0 saturated carbocycles. The zero-order chi connectivity index (χ0) is 14.3. The number of carbonyl (C=O) groups excluding carboxylic acids is 1. The van der Waals surface area contributed by atoms with E-state index in [1.165, 1.54) is 12.0 Å². The number of benzene rings is 1. The molecule has 1 N–H and O–H groups in total. The highest BCUT2D eigenvalue weighted by Gasteiger charge is 2.16. The Kier molecular flexibility index (Phi) is 5.60. The van der Waals surface area contributed by atoms with E-state index in [1.807, 2.05) is 0 Å². The maximum absolute atomic E-state index is 12.2. The van der Waals surface area contributed by atoms with E-state index in [0.29, 0.717) is 17.9 Å². The first-order valence-electron chi connectivity index (χ1n) is 5.84. The average molecular weight is 263 g/mol. The van der Waals surface area contributed by atoms with Gasteiger partial charge in [-0.1, -0.05) is 12.1 Å². The van der Waals surface area contributed by atoms with Gasteiger partial charge in [-0.15, -0.1) is 6.58 Å². The van der Waals surface area contributed by atoms with Crippen LogP contribution >= 0.6 is 0 Å². The molecular weight excluding hydrogens is 246 g/mol. The minimum absolute atomic E-state index is 0.0937. The molecule has 0 radical (unpaired) electrons. The fourth-order valence-corrected chi connectivity index (χ4v) is 1.60. The average Bonchev–Trinajstić information content (AvgIpc) is 2.42. The van der Waals surface area contributed by atoms with Gasteiger partial charge in [0, 0.05) is 18.7 Å². The van der Waals surface area contributed by atoms with Crippen molar-refractivity contribution in [1.82, 2.24) is 4.90 Å². The first-order chi connectivity index (χ1) is 9.08. The number of carboxylic acid groups (broad SMARTS) is 1. The van der Waals surface area contributed by atoms with Gasteiger partial charge in [-0.3, -0.25) is 9.59 Å². The molecule has 0 fully saturated rings. The monoisotopic (exact) mass is 263 g/mol. The van der Waals surface area contributed by atoms with E-state index >= 15 is 0 Å². The van der Waals surface area contributed by atoms with E-state index in [9.17, 15) is 9.59 Å². The number of methoxy groups -OCH3 is 1. The van der Waals surface area contributed by atoms with Crippen LogP contribution in [0.4, 0.5) is 0 Å². The number of nitrogens with zero attached hydrogens (tertiary/aromatic N) is 1. The fourth-order valence-electron chi connectivity index (χ4n) is 1.60. The molecule has 0 aromatic heterocycles. The normalized spacial score (nSPS) is 9.74. The number of ether oxygens (including phenoxy) is 1. The van der Waals surface area contributed by atoms with Gasteiger partial charge in [0.1, 0.15) is 5.75 Å². The summed E-state index contributed by atoms with van der Waals surface area (Å²) < 4.78 is 5.06. The van der Waals surface area contributed by atoms with Crippen LogP contribution in [0.3, 0.4) is 0 Å². The summed E-state index contributed by atoms with van der Waals surface area (Å²) in [6, 6.07) is 6.75. The molecule has 5 nitrogen and oxygen atoms in total. The molecule has 1 rings (SSSR count). The minimum atomic E-state index is -0.937. The van der Waals surface area contributed by atoms with E-state index in [0.717, 1.165) is 0 Å². The van der Waals surface area contributed by atoms with Crippen LogP contribution in [0, 0.1) is 0 Å². The maximum Gasteiger partial charge on any atom is 0.305 e. The van der Waals surface area contributed by atoms with Gasteiger partial charge >= 0.3 is 5.97 Å². The zero-order valence-corrected chi connectivity index (χ0v) is 10.8. The van der Waals surface area contributed by atoms with Crippen LogP contribution in [0.15, 0.2) is 36.9 Å². The smallest absolute Gasteiger partial charge is 0.305 e. The lowest BCUT2D eigenvalue weighted by atomic mass is 10.2. The molecule has 0 spiro atoms. The molecule has 0 atom stereocenters. The Labute approximate surface area is 112 Å². The molecule has 1 aromatic carbocycles. The van der Waals surface area contributed by atoms with Crippen LogP contribution in [-0.2, 0) is 4.79 Å². The maximum atomic E-state index is 12.2. The van der Waals surface area contributed by atoms with E-state index in [1.54, 1.807) is 30.3 Å². The summed E-state index contributed by atoms with van der Waals surface area (Å²) in [5.74, 6) is -0.588. The fraction of sp³-hybridized carbons (Fsp3) is 0.286. The summed E-state index contributed by atoms with van der Waals surface area (Å²) in [5.41, 5.74) is 0.464. The van der Waals surface area contributed by atoms with Crippen LogP contribution in [0.2, 0.25) is 0 Å². The lowest BCUT2D eigenvalue weighted by Gasteiger charge is -2.20. The molecule has 0 saturated heterocycles. The standard InChI is InChI=1S/C14H17NO4/c1-3-8-15(9-7-13(16)17)14(18)11-5-4-6-12(10-11)19-2/h3-6,10H,1,7-9H2,2H3,(H,16,17). The SMILES string of the molecule is C=CCN(CCC(=O)O)C(=O)c1cccc(OC)c1. The number of hydrogen-bond donors (Lipinski definition) is 1. The van der Waals surface area contributed by atoms with Gasteiger partial charge in [-0.25, -0.2) is 0 Å². The number of aliphatic carboxylic acids is 1. The number of carbonyl (C=O) groups is 2. The quantitative estimate of drug-likeness (QED) is 0.762. The minimum Gasteiger partial charge on any atom is -0.497 e. The Hall–Kier alpha value is -2.30. The van der Waals surface area contributed by atoms with Gasteiger partial charge in [0.25, 0.3) is 5.91 Å². The molecule has 0 aliphatic rings. The molecule has 1 amide bonds. The highest BCUT2D eigenvalue weighted by molar-refractivity contribution is 5.94. The number of rotatable bonds is 7. The summed E-state index contributed by atoms with van der Waals surface area (Å²) >= 11 is 0. The van der Waals surface area contributed by atoms with E-state index < -0.39 is 5.97 Å². The molecule has 0 bridgehead atoms. The molecule has 0 aliphatic carbocycles. The van der Waals surface area contributed by atoms with Crippen molar-refractivity contribution in [3.05, 3.63) is 42.5 Å². The molecule has 102 valence electrons. The lowest BCUT2D eigenvalue weighted by Crippen LogP contribution is -2.33. The summed E-state index contributed by atoms with van der Waals surface area (Å²) in [6.45, 7) is 4.03. The second-order valence-electron chi connectivity index (χ2n) is 3.92. The first-order valence-corrected chi connectivity index (χ1v) is 5.84. The first kappa shape index (κ1) is 14.8. The summed E-state index contributed by atoms with van der Waals surface area (Å²) in [4.78, 5) is 24.3. The molecule has 5 heteroatoms. The van der Waals surface area contributed by atoms with Crippen LogP contribution in [0.25, 0.3) is 0 Å². The molecule has 0 unspecified atom stereocenters. The number of carboxylic acids is 1. The zero-order valence-electron chi connectivity index (χ0n) is 10.8. The topological polar surface area (TPSA) is 66.8 Å². The van der Waals surface area contributed by atoms with Gasteiger partial charge in [0.2, 0.25) is 0 Å². The molecule has 0 heterocycles. The van der Waals surface area contributed by atoms with Crippen LogP contribution in [0.1, 0.15) is 16.8 Å². The van der Waals surface area contributed by atoms with Gasteiger partial charge in [0.05, 0.1) is 13.5 Å². The van der Waals surface area contributed by atoms with E-state index in [4.69, 9.17) is 9.84 Å². The summed E-state index contributed by atoms with van der Waals surface area (Å²) in [7, 11) is 1.52. The highest BCUT2D eigenvalue weighted by Crippen LogP contribution is 2.14. The van der Waals surface area contributed by atoms with Crippen molar-refractivity contribution in [3.63, 3.8) is 0 Å². The highest BCUT2D eigenvalue weighted by atomic mass is 16.5. The van der Waals surface area contributed by atoms with Gasteiger partial charge in [-0.05, 0) is 18.2 Å². The number of hydrogen-bond acceptors (Lipinski definition) is 3. The molecule has 1 aromatic rings. The van der Waals surface area contributed by atoms with Crippen molar-refractivity contribution in [3.8, 4) is 5.75 Å². The van der Waals surface area contributed by atoms with Gasteiger partial charge in [0.15, 0.2) is 0 Å². The second-order valence-corrected chi connectivity index (χ2v) is 3.92. The van der Waals surface area contributed by atoms with Crippen molar-refractivity contribution in [2.75, 3.05) is 20.2 Å². The molecule has 19 heavy (non-hydrogen) atoms. The predicted octanol–water partition coefficient (Wildman–Crippen LogP) is 1.80. The van der Waals surface area contributed by atoms with Crippen LogP contribution < -0.4 is 4.74 Å². The van der Waals surface area contributed by atoms with Crippen molar-refractivity contribution in [2.45, 2.75) is 6.42 Å². The lowest BCUT2D eigenvalue weighted by molar-refractivity contribution is -0.137. The predicted molar refractivity (Wildman–Crippen MR) is 71.3 cm³/mol. The van der Waals surface area contributed by atoms with E-state index in [-0.39, 0.29) is 18.9 Å². The second kappa shape index (κ2) is 7.20. The third-order valence-electron chi connectivity index (χ3n) is 2.55. The summed E-state index contributed by atoms with van der Waals surface area (Å²) in [6.07, 6.45) is 1.48. The number of amides is 1. The van der Waals surface area contributed by atoms with Gasteiger partial charge < -0.3 is 14.7 Å². The Morgan fingerprint density at radius 3 is 2.79 bits per heavy atom. The van der Waals surface area contributed by atoms with Crippen LogP contribution in [-0.4, -0.2) is 42.1 Å². The Morgan fingerprint density at radius 1 is 1.47 bits per heavy atom. The van der Waals surface area contributed by atoms with Crippen molar-refractivity contribution in [1.29, 1.82) is 0 Å². The third kappa shape index (κ3) is 4.46. The van der Waals surface area contributed by atoms with E-state index in [2.05, 4.69) is 6.58 Å². The Morgan fingerprint density at radius 2 is 2.21 bits per heavy atom. The Balaban J connectivity index is 2.84. The molecule has 0 aliphatic heterocycles. The largest absolute Gasteiger partial charge is 0.497 e.